The molecule has 7 aromatic rings. The molecule has 4 heteroatoms. The van der Waals surface area contributed by atoms with E-state index >= 15 is 0 Å². The Bertz CT molecular complexity index is 1900. The van der Waals surface area contributed by atoms with E-state index < -0.39 is 0 Å². The fraction of sp³-hybridized carbons (Fsp3) is 0.105. The lowest BCUT2D eigenvalue weighted by atomic mass is 9.85. The molecule has 0 N–H and O–H groups in total. The third-order valence-corrected chi connectivity index (χ3v) is 8.24. The zero-order valence-corrected chi connectivity index (χ0v) is 24.2. The van der Waals surface area contributed by atoms with Gasteiger partial charge in [0.2, 0.25) is 0 Å². The molecule has 0 unspecified atom stereocenters. The third kappa shape index (κ3) is 4.42. The van der Waals surface area contributed by atoms with E-state index in [2.05, 4.69) is 107 Å². The van der Waals surface area contributed by atoms with Crippen LogP contribution in [0.2, 0.25) is 0 Å². The molecule has 4 nitrogen and oxygen atoms in total. The molecule has 0 aliphatic heterocycles. The van der Waals surface area contributed by atoms with Crippen LogP contribution in [-0.4, -0.2) is 19.9 Å². The normalized spacial score (nSPS) is 11.3. The van der Waals surface area contributed by atoms with Crippen LogP contribution in [0.25, 0.3) is 66.6 Å². The summed E-state index contributed by atoms with van der Waals surface area (Å²) < 4.78 is 0. The Labute approximate surface area is 245 Å². The second-order valence-electron chi connectivity index (χ2n) is 10.9. The van der Waals surface area contributed by atoms with E-state index in [1.54, 1.807) is 0 Å². The zero-order chi connectivity index (χ0) is 28.8. The van der Waals surface area contributed by atoms with Crippen molar-refractivity contribution in [2.45, 2.75) is 27.7 Å². The predicted molar refractivity (Wildman–Crippen MR) is 173 cm³/mol. The first-order valence-corrected chi connectivity index (χ1v) is 14.2. The molecule has 0 radical (unpaired) electrons. The molecule has 42 heavy (non-hydrogen) atoms. The molecule has 5 aromatic carbocycles. The lowest BCUT2D eigenvalue weighted by molar-refractivity contribution is 1.07. The van der Waals surface area contributed by atoms with Crippen molar-refractivity contribution in [3.05, 3.63) is 132 Å². The summed E-state index contributed by atoms with van der Waals surface area (Å²) in [6, 6.07) is 34.7. The highest BCUT2D eigenvalue weighted by Gasteiger charge is 2.17. The van der Waals surface area contributed by atoms with E-state index in [1.807, 2.05) is 40.1 Å². The highest BCUT2D eigenvalue weighted by molar-refractivity contribution is 6.21. The molecule has 0 spiro atoms. The van der Waals surface area contributed by atoms with Crippen molar-refractivity contribution in [1.82, 2.24) is 19.9 Å². The number of aromatic nitrogens is 4. The van der Waals surface area contributed by atoms with Crippen LogP contribution in [0.15, 0.2) is 109 Å². The van der Waals surface area contributed by atoms with Crippen molar-refractivity contribution in [1.29, 1.82) is 0 Å². The van der Waals surface area contributed by atoms with Crippen molar-refractivity contribution in [2.24, 2.45) is 0 Å². The molecular weight excluding hydrogens is 512 g/mol. The van der Waals surface area contributed by atoms with E-state index in [-0.39, 0.29) is 0 Å². The second-order valence-corrected chi connectivity index (χ2v) is 10.9. The average molecular weight is 543 g/mol. The van der Waals surface area contributed by atoms with Crippen LogP contribution in [0.4, 0.5) is 0 Å². The van der Waals surface area contributed by atoms with E-state index in [9.17, 15) is 0 Å². The first-order chi connectivity index (χ1) is 20.5. The Morgan fingerprint density at radius 1 is 0.381 bits per heavy atom. The summed E-state index contributed by atoms with van der Waals surface area (Å²) in [6.45, 7) is 8.13. The van der Waals surface area contributed by atoms with Crippen LogP contribution >= 0.6 is 0 Å². The fourth-order valence-electron chi connectivity index (χ4n) is 5.66. The van der Waals surface area contributed by atoms with Gasteiger partial charge in [-0.3, -0.25) is 0 Å². The van der Waals surface area contributed by atoms with Gasteiger partial charge in [-0.1, -0.05) is 97.1 Å². The van der Waals surface area contributed by atoms with Gasteiger partial charge in [-0.2, -0.15) is 0 Å². The van der Waals surface area contributed by atoms with Crippen LogP contribution in [0, 0.1) is 27.7 Å². The quantitative estimate of drug-likeness (QED) is 0.208. The number of fused-ring (bicyclic) bond motifs is 2. The Balaban J connectivity index is 1.38. The van der Waals surface area contributed by atoms with Gasteiger partial charge in [-0.15, -0.1) is 0 Å². The summed E-state index contributed by atoms with van der Waals surface area (Å²) in [5, 5.41) is 4.90. The molecule has 0 fully saturated rings. The lowest BCUT2D eigenvalue weighted by Gasteiger charge is -2.18. The molecule has 0 aliphatic rings. The van der Waals surface area contributed by atoms with Gasteiger partial charge in [-0.05, 0) is 82.6 Å². The third-order valence-electron chi connectivity index (χ3n) is 8.24. The van der Waals surface area contributed by atoms with Gasteiger partial charge in [-0.25, -0.2) is 19.9 Å². The SMILES string of the molecule is Cc1cnc(-c2ccc(-c3c4ccccc4c(-c4ccc(-c5ncc(C)c(C)n5)cc4)c4ccccc34)cc2)nc1C. The van der Waals surface area contributed by atoms with Crippen LogP contribution in [0.1, 0.15) is 22.5 Å². The standard InChI is InChI=1S/C38H30N4/c1-23-21-39-37(41-25(23)3)29-17-13-27(14-18-29)35-31-9-5-7-11-33(31)36(34-12-8-6-10-32(34)35)28-15-19-30(20-16-28)38-40-22-24(2)26(4)42-38/h5-22H,1-4H3. The minimum absolute atomic E-state index is 0.754. The maximum absolute atomic E-state index is 4.70. The van der Waals surface area contributed by atoms with Crippen LogP contribution in [0.3, 0.4) is 0 Å². The Morgan fingerprint density at radius 3 is 1.00 bits per heavy atom. The zero-order valence-electron chi connectivity index (χ0n) is 24.2. The van der Waals surface area contributed by atoms with Crippen molar-refractivity contribution in [3.63, 3.8) is 0 Å². The smallest absolute Gasteiger partial charge is 0.159 e. The summed E-state index contributed by atoms with van der Waals surface area (Å²) >= 11 is 0. The Hall–Kier alpha value is -5.22. The minimum Gasteiger partial charge on any atom is -0.236 e. The van der Waals surface area contributed by atoms with E-state index in [4.69, 9.17) is 9.97 Å². The minimum atomic E-state index is 0.754. The summed E-state index contributed by atoms with van der Waals surface area (Å²) in [7, 11) is 0. The highest BCUT2D eigenvalue weighted by Crippen LogP contribution is 2.44. The predicted octanol–water partition coefficient (Wildman–Crippen LogP) is 9.47. The molecule has 0 atom stereocenters. The molecular formula is C38H30N4. The number of hydrogen-bond donors (Lipinski definition) is 0. The topological polar surface area (TPSA) is 51.6 Å². The molecule has 0 aliphatic carbocycles. The number of aryl methyl sites for hydroxylation is 4. The van der Waals surface area contributed by atoms with Crippen molar-refractivity contribution < 1.29 is 0 Å². The van der Waals surface area contributed by atoms with E-state index in [0.29, 0.717) is 0 Å². The highest BCUT2D eigenvalue weighted by atomic mass is 14.9. The Morgan fingerprint density at radius 2 is 0.690 bits per heavy atom. The maximum Gasteiger partial charge on any atom is 0.159 e. The maximum atomic E-state index is 4.70. The molecule has 2 aromatic heterocycles. The summed E-state index contributed by atoms with van der Waals surface area (Å²) in [5.41, 5.74) is 11.0. The molecule has 202 valence electrons. The van der Waals surface area contributed by atoms with Crippen LogP contribution in [0.5, 0.6) is 0 Å². The summed E-state index contributed by atoms with van der Waals surface area (Å²) in [5.74, 6) is 1.51. The van der Waals surface area contributed by atoms with Gasteiger partial charge in [0.05, 0.1) is 0 Å². The van der Waals surface area contributed by atoms with Gasteiger partial charge in [0.1, 0.15) is 0 Å². The van der Waals surface area contributed by atoms with Gasteiger partial charge in [0.25, 0.3) is 0 Å². The van der Waals surface area contributed by atoms with Crippen LogP contribution < -0.4 is 0 Å². The monoisotopic (exact) mass is 542 g/mol. The largest absolute Gasteiger partial charge is 0.236 e. The fourth-order valence-corrected chi connectivity index (χ4v) is 5.66. The molecule has 0 amide bonds. The number of nitrogens with zero attached hydrogens (tertiary/aromatic N) is 4. The van der Waals surface area contributed by atoms with Gasteiger partial charge in [0, 0.05) is 34.9 Å². The number of benzene rings is 5. The van der Waals surface area contributed by atoms with Gasteiger partial charge >= 0.3 is 0 Å². The van der Waals surface area contributed by atoms with Gasteiger partial charge < -0.3 is 0 Å². The molecule has 2 heterocycles. The molecule has 7 rings (SSSR count). The Kier molecular flexibility index (Phi) is 6.32. The molecule has 0 saturated carbocycles. The lowest BCUT2D eigenvalue weighted by Crippen LogP contribution is -1.95. The first kappa shape index (κ1) is 25.7. The number of rotatable bonds is 4. The number of hydrogen-bond acceptors (Lipinski definition) is 4. The van der Waals surface area contributed by atoms with E-state index in [1.165, 1.54) is 43.8 Å². The van der Waals surface area contributed by atoms with Crippen LogP contribution in [-0.2, 0) is 0 Å². The van der Waals surface area contributed by atoms with Gasteiger partial charge in [0.15, 0.2) is 11.6 Å². The molecule has 0 bridgehead atoms. The first-order valence-electron chi connectivity index (χ1n) is 14.2. The van der Waals surface area contributed by atoms with Crippen molar-refractivity contribution in [2.75, 3.05) is 0 Å². The summed E-state index contributed by atoms with van der Waals surface area (Å²) in [4.78, 5) is 18.6. The summed E-state index contributed by atoms with van der Waals surface area (Å²) in [6.07, 6.45) is 3.79. The van der Waals surface area contributed by atoms with E-state index in [0.717, 1.165) is 45.3 Å². The second kappa shape index (κ2) is 10.3. The average Bonchev–Trinajstić information content (AvgIpc) is 3.03. The van der Waals surface area contributed by atoms with Crippen molar-refractivity contribution >= 4 is 21.5 Å². The van der Waals surface area contributed by atoms with Crippen molar-refractivity contribution in [3.8, 4) is 45.0 Å². The molecule has 0 saturated heterocycles.